The Balaban J connectivity index is 3.26. The van der Waals surface area contributed by atoms with Crippen molar-refractivity contribution in [2.75, 3.05) is 5.01 Å². The monoisotopic (exact) mass is 188 g/mol. The maximum atomic E-state index is 10.4. The maximum absolute atomic E-state index is 10.4. The molecule has 6 heteroatoms. The summed E-state index contributed by atoms with van der Waals surface area (Å²) in [7, 11) is 0. The van der Waals surface area contributed by atoms with Crippen LogP contribution in [0.1, 0.15) is 5.56 Å². The van der Waals surface area contributed by atoms with Crippen LogP contribution in [-0.4, -0.2) is 5.03 Å². The van der Waals surface area contributed by atoms with Crippen LogP contribution < -0.4 is 5.01 Å². The van der Waals surface area contributed by atoms with Gasteiger partial charge in [0.05, 0.1) is 5.56 Å². The Kier molecular flexibility index (Phi) is 2.63. The van der Waals surface area contributed by atoms with E-state index in [1.165, 1.54) is 24.4 Å². The summed E-state index contributed by atoms with van der Waals surface area (Å²) in [6.07, 6.45) is 1.38. The van der Waals surface area contributed by atoms with E-state index >= 15 is 0 Å². The highest BCUT2D eigenvalue weighted by Crippen LogP contribution is 2.18. The first kappa shape index (κ1) is 9.49. The van der Waals surface area contributed by atoms with Crippen molar-refractivity contribution >= 4 is 5.69 Å². The van der Waals surface area contributed by atoms with Gasteiger partial charge in [-0.1, -0.05) is 12.1 Å². The number of anilines is 1. The average molecular weight is 188 g/mol. The van der Waals surface area contributed by atoms with Crippen molar-refractivity contribution in [3.05, 3.63) is 39.9 Å². The minimum atomic E-state index is -0.879. The van der Waals surface area contributed by atoms with Gasteiger partial charge in [0.25, 0.3) is 6.19 Å². The van der Waals surface area contributed by atoms with Gasteiger partial charge in [-0.05, 0) is 12.1 Å². The van der Waals surface area contributed by atoms with Crippen molar-refractivity contribution in [3.8, 4) is 12.3 Å². The zero-order chi connectivity index (χ0) is 10.6. The molecule has 0 aromatic heterocycles. The molecule has 0 atom stereocenters. The fourth-order valence-corrected chi connectivity index (χ4v) is 0.931. The predicted octanol–water partition coefficient (Wildman–Crippen LogP) is 1.04. The summed E-state index contributed by atoms with van der Waals surface area (Å²) in [5.41, 5.74) is 0.0632. The van der Waals surface area contributed by atoms with Crippen LogP contribution in [0.5, 0.6) is 0 Å². The Morgan fingerprint density at radius 1 is 1.36 bits per heavy atom. The highest BCUT2D eigenvalue weighted by molar-refractivity contribution is 5.59. The topological polar surface area (TPSA) is 94.0 Å². The number of nitro groups is 1. The molecule has 6 nitrogen and oxygen atoms in total. The lowest BCUT2D eigenvalue weighted by Crippen LogP contribution is -2.24. The van der Waals surface area contributed by atoms with Crippen molar-refractivity contribution < 1.29 is 5.03 Å². The molecular formula is C8H4N4O2. The molecule has 0 aliphatic carbocycles. The van der Waals surface area contributed by atoms with Crippen molar-refractivity contribution in [3.63, 3.8) is 0 Å². The molecule has 14 heavy (non-hydrogen) atoms. The molecule has 0 radical (unpaired) electrons. The lowest BCUT2D eigenvalue weighted by Gasteiger charge is -2.04. The molecule has 1 rings (SSSR count). The van der Waals surface area contributed by atoms with Crippen LogP contribution in [0.25, 0.3) is 0 Å². The summed E-state index contributed by atoms with van der Waals surface area (Å²) >= 11 is 0. The molecule has 0 N–H and O–H groups in total. The largest absolute Gasteiger partial charge is 0.251 e. The number of nitrogens with zero attached hydrogens (tertiary/aromatic N) is 4. The molecule has 0 saturated heterocycles. The smallest absolute Gasteiger partial charge is 0.233 e. The molecule has 0 bridgehead atoms. The van der Waals surface area contributed by atoms with Crippen LogP contribution in [0, 0.1) is 32.9 Å². The normalized spacial score (nSPS) is 8.43. The van der Waals surface area contributed by atoms with Gasteiger partial charge in [0.2, 0.25) is 0 Å². The summed E-state index contributed by atoms with van der Waals surface area (Å²) in [5.74, 6) is 0. The van der Waals surface area contributed by atoms with E-state index in [-0.39, 0.29) is 16.3 Å². The molecule has 0 fully saturated rings. The van der Waals surface area contributed by atoms with Gasteiger partial charge in [-0.3, -0.25) is 0 Å². The Labute approximate surface area is 79.3 Å². The van der Waals surface area contributed by atoms with Crippen LogP contribution in [0.3, 0.4) is 0 Å². The van der Waals surface area contributed by atoms with Crippen molar-refractivity contribution in [1.29, 1.82) is 10.5 Å². The summed E-state index contributed by atoms with van der Waals surface area (Å²) in [6, 6.07) is 7.60. The van der Waals surface area contributed by atoms with Gasteiger partial charge >= 0.3 is 0 Å². The maximum Gasteiger partial charge on any atom is 0.251 e. The minimum Gasteiger partial charge on any atom is -0.233 e. The van der Waals surface area contributed by atoms with Crippen molar-refractivity contribution in [1.82, 2.24) is 0 Å². The first-order valence-corrected chi connectivity index (χ1v) is 3.54. The van der Waals surface area contributed by atoms with Gasteiger partial charge in [-0.2, -0.15) is 10.5 Å². The molecule has 0 aliphatic heterocycles. The van der Waals surface area contributed by atoms with Gasteiger partial charge in [0, 0.05) is 5.01 Å². The second kappa shape index (κ2) is 3.87. The Bertz CT molecular complexity index is 443. The van der Waals surface area contributed by atoms with E-state index in [0.29, 0.717) is 0 Å². The van der Waals surface area contributed by atoms with Gasteiger partial charge in [-0.25, -0.2) is 10.1 Å². The molecule has 0 aliphatic rings. The number of rotatable bonds is 2. The summed E-state index contributed by atoms with van der Waals surface area (Å²) in [6.45, 7) is 0. The summed E-state index contributed by atoms with van der Waals surface area (Å²) in [4.78, 5) is 10.4. The Hall–Kier alpha value is -2.60. The first-order valence-electron chi connectivity index (χ1n) is 3.54. The average Bonchev–Trinajstić information content (AvgIpc) is 2.19. The Morgan fingerprint density at radius 3 is 2.50 bits per heavy atom. The summed E-state index contributed by atoms with van der Waals surface area (Å²) < 4.78 is 0. The van der Waals surface area contributed by atoms with Crippen LogP contribution in [0.2, 0.25) is 0 Å². The van der Waals surface area contributed by atoms with E-state index in [9.17, 15) is 10.1 Å². The number of benzene rings is 1. The van der Waals surface area contributed by atoms with Crippen molar-refractivity contribution in [2.45, 2.75) is 0 Å². The molecule has 1 aromatic carbocycles. The van der Waals surface area contributed by atoms with E-state index in [4.69, 9.17) is 10.5 Å². The predicted molar refractivity (Wildman–Crippen MR) is 46.2 cm³/mol. The number of hydrogen-bond donors (Lipinski definition) is 0. The lowest BCUT2D eigenvalue weighted by molar-refractivity contribution is -0.483. The highest BCUT2D eigenvalue weighted by atomic mass is 16.7. The SMILES string of the molecule is N#Cc1ccccc1N(C#N)[N+](=O)[O-]. The van der Waals surface area contributed by atoms with Gasteiger partial charge < -0.3 is 0 Å². The first-order chi connectivity index (χ1) is 6.70. The van der Waals surface area contributed by atoms with Crippen LogP contribution in [-0.2, 0) is 0 Å². The second-order valence-corrected chi connectivity index (χ2v) is 2.28. The molecular weight excluding hydrogens is 184 g/mol. The fraction of sp³-hybridized carbons (Fsp3) is 0. The van der Waals surface area contributed by atoms with Crippen LogP contribution >= 0.6 is 0 Å². The molecule has 0 saturated carbocycles. The summed E-state index contributed by atoms with van der Waals surface area (Å²) in [5, 5.41) is 26.9. The molecule has 0 spiro atoms. The molecule has 1 aromatic rings. The van der Waals surface area contributed by atoms with Gasteiger partial charge in [0.15, 0.2) is 5.03 Å². The zero-order valence-electron chi connectivity index (χ0n) is 6.91. The van der Waals surface area contributed by atoms with E-state index < -0.39 is 5.03 Å². The van der Waals surface area contributed by atoms with E-state index in [1.54, 1.807) is 12.1 Å². The van der Waals surface area contributed by atoms with E-state index in [1.807, 2.05) is 0 Å². The quantitative estimate of drug-likeness (QED) is 0.299. The molecule has 68 valence electrons. The van der Waals surface area contributed by atoms with Crippen LogP contribution in [0.4, 0.5) is 5.69 Å². The minimum absolute atomic E-state index is 0.0255. The van der Waals surface area contributed by atoms with E-state index in [0.717, 1.165) is 0 Å². The number of hydrazine groups is 1. The number of hydrogen-bond acceptors (Lipinski definition) is 4. The van der Waals surface area contributed by atoms with Gasteiger partial charge in [-0.15, -0.1) is 0 Å². The Morgan fingerprint density at radius 2 is 2.00 bits per heavy atom. The van der Waals surface area contributed by atoms with Crippen LogP contribution in [0.15, 0.2) is 24.3 Å². The molecule has 0 amide bonds. The standard InChI is InChI=1S/C8H4N4O2/c9-5-7-3-1-2-4-8(7)11(6-10)12(13)14/h1-4H. The van der Waals surface area contributed by atoms with E-state index in [2.05, 4.69) is 0 Å². The number of nitriles is 2. The second-order valence-electron chi connectivity index (χ2n) is 2.28. The highest BCUT2D eigenvalue weighted by Gasteiger charge is 2.19. The fourth-order valence-electron chi connectivity index (χ4n) is 0.931. The van der Waals surface area contributed by atoms with Crippen molar-refractivity contribution in [2.24, 2.45) is 0 Å². The van der Waals surface area contributed by atoms with Gasteiger partial charge in [0.1, 0.15) is 11.8 Å². The zero-order valence-corrected chi connectivity index (χ0v) is 6.91. The molecule has 0 unspecified atom stereocenters. The third kappa shape index (κ3) is 1.59. The molecule has 0 heterocycles. The third-order valence-corrected chi connectivity index (χ3v) is 1.51. The number of para-hydroxylation sites is 1. The lowest BCUT2D eigenvalue weighted by atomic mass is 10.2. The third-order valence-electron chi connectivity index (χ3n) is 1.51.